The highest BCUT2D eigenvalue weighted by Crippen LogP contribution is 2.16. The number of aryl methyl sites for hydroxylation is 2. The first-order valence-electron chi connectivity index (χ1n) is 4.10. The smallest absolute Gasteiger partial charge is 0.0434 e. The van der Waals surface area contributed by atoms with Gasteiger partial charge in [0.05, 0.1) is 0 Å². The minimum Gasteiger partial charge on any atom is -0.396 e. The summed E-state index contributed by atoms with van der Waals surface area (Å²) in [6.07, 6.45) is 1.71. The Morgan fingerprint density at radius 3 is 2.83 bits per heavy atom. The number of hydrogen-bond acceptors (Lipinski definition) is 1. The van der Waals surface area contributed by atoms with Crippen molar-refractivity contribution in [1.29, 1.82) is 0 Å². The summed E-state index contributed by atoms with van der Waals surface area (Å²) < 4.78 is 0. The van der Waals surface area contributed by atoms with Gasteiger partial charge in [0.15, 0.2) is 0 Å². The number of hydrogen-bond donors (Lipinski definition) is 1. The van der Waals surface area contributed by atoms with Crippen molar-refractivity contribution in [1.82, 2.24) is 0 Å². The lowest BCUT2D eigenvalue weighted by atomic mass is 10.0. The van der Waals surface area contributed by atoms with E-state index in [0.717, 1.165) is 17.9 Å². The normalized spacial score (nSPS) is 10.2. The fourth-order valence-electron chi connectivity index (χ4n) is 1.18. The molecule has 0 amide bonds. The summed E-state index contributed by atoms with van der Waals surface area (Å²) in [4.78, 5) is 0. The summed E-state index contributed by atoms with van der Waals surface area (Å²) in [7, 11) is 0. The Morgan fingerprint density at radius 1 is 1.42 bits per heavy atom. The van der Waals surface area contributed by atoms with Gasteiger partial charge in [0, 0.05) is 11.6 Å². The second-order valence-corrected chi connectivity index (χ2v) is 3.33. The second kappa shape index (κ2) is 4.48. The van der Waals surface area contributed by atoms with Crippen LogP contribution in [0.15, 0.2) is 18.2 Å². The molecule has 1 rings (SSSR count). The maximum absolute atomic E-state index is 8.65. The monoisotopic (exact) mass is 184 g/mol. The van der Waals surface area contributed by atoms with Gasteiger partial charge >= 0.3 is 0 Å². The molecule has 0 atom stereocenters. The molecule has 1 nitrogen and oxygen atoms in total. The van der Waals surface area contributed by atoms with Crippen molar-refractivity contribution in [2.75, 3.05) is 6.61 Å². The fraction of sp³-hybridized carbons (Fsp3) is 0.400. The molecule has 0 fully saturated rings. The predicted octanol–water partition coefficient (Wildman–Crippen LogP) is 2.57. The van der Waals surface area contributed by atoms with Gasteiger partial charge in [-0.15, -0.1) is 0 Å². The summed E-state index contributed by atoms with van der Waals surface area (Å²) in [5, 5.41) is 9.43. The number of halogens is 1. The third-order valence-corrected chi connectivity index (χ3v) is 2.15. The van der Waals surface area contributed by atoms with Crippen LogP contribution in [0, 0.1) is 6.92 Å². The van der Waals surface area contributed by atoms with E-state index in [9.17, 15) is 0 Å². The SMILES string of the molecule is Cc1ccc(Cl)cc1CCCO. The molecule has 0 bridgehead atoms. The van der Waals surface area contributed by atoms with E-state index >= 15 is 0 Å². The van der Waals surface area contributed by atoms with Gasteiger partial charge in [0.25, 0.3) is 0 Å². The van der Waals surface area contributed by atoms with Gasteiger partial charge in [-0.2, -0.15) is 0 Å². The van der Waals surface area contributed by atoms with Crippen molar-refractivity contribution < 1.29 is 5.11 Å². The largest absolute Gasteiger partial charge is 0.396 e. The topological polar surface area (TPSA) is 20.2 Å². The fourth-order valence-corrected chi connectivity index (χ4v) is 1.37. The zero-order valence-corrected chi connectivity index (χ0v) is 7.93. The Balaban J connectivity index is 2.75. The molecule has 0 aliphatic rings. The van der Waals surface area contributed by atoms with Crippen molar-refractivity contribution in [2.24, 2.45) is 0 Å². The van der Waals surface area contributed by atoms with Crippen LogP contribution in [0.4, 0.5) is 0 Å². The lowest BCUT2D eigenvalue weighted by Gasteiger charge is -2.04. The Hall–Kier alpha value is -0.530. The van der Waals surface area contributed by atoms with Crippen LogP contribution in [0.2, 0.25) is 5.02 Å². The summed E-state index contributed by atoms with van der Waals surface area (Å²) in [6.45, 7) is 2.30. The molecule has 0 saturated carbocycles. The number of benzene rings is 1. The average molecular weight is 185 g/mol. The maximum atomic E-state index is 8.65. The highest BCUT2D eigenvalue weighted by Gasteiger charge is 1.98. The number of aliphatic hydroxyl groups is 1. The van der Waals surface area contributed by atoms with Crippen LogP contribution in [-0.4, -0.2) is 11.7 Å². The lowest BCUT2D eigenvalue weighted by molar-refractivity contribution is 0.288. The molecular weight excluding hydrogens is 172 g/mol. The molecule has 0 spiro atoms. The summed E-state index contributed by atoms with van der Waals surface area (Å²) in [6, 6.07) is 5.86. The molecule has 0 heterocycles. The Bertz CT molecular complexity index is 258. The van der Waals surface area contributed by atoms with Crippen molar-refractivity contribution in [3.63, 3.8) is 0 Å². The number of aliphatic hydroxyl groups excluding tert-OH is 1. The van der Waals surface area contributed by atoms with E-state index in [2.05, 4.69) is 6.92 Å². The van der Waals surface area contributed by atoms with E-state index in [1.165, 1.54) is 11.1 Å². The van der Waals surface area contributed by atoms with Crippen molar-refractivity contribution >= 4 is 11.6 Å². The van der Waals surface area contributed by atoms with E-state index in [-0.39, 0.29) is 6.61 Å². The Morgan fingerprint density at radius 2 is 2.17 bits per heavy atom. The van der Waals surface area contributed by atoms with Crippen molar-refractivity contribution in [3.05, 3.63) is 34.3 Å². The minimum absolute atomic E-state index is 0.242. The molecule has 1 aromatic carbocycles. The summed E-state index contributed by atoms with van der Waals surface area (Å²) >= 11 is 5.83. The van der Waals surface area contributed by atoms with Gasteiger partial charge in [-0.05, 0) is 43.0 Å². The molecule has 0 aliphatic carbocycles. The quantitative estimate of drug-likeness (QED) is 0.766. The summed E-state index contributed by atoms with van der Waals surface area (Å²) in [5.74, 6) is 0. The van der Waals surface area contributed by atoms with E-state index in [0.29, 0.717) is 0 Å². The molecule has 66 valence electrons. The Kier molecular flexibility index (Phi) is 3.57. The van der Waals surface area contributed by atoms with Crippen molar-refractivity contribution in [3.8, 4) is 0 Å². The third kappa shape index (κ3) is 2.50. The highest BCUT2D eigenvalue weighted by molar-refractivity contribution is 6.30. The van der Waals surface area contributed by atoms with Crippen LogP contribution in [-0.2, 0) is 6.42 Å². The van der Waals surface area contributed by atoms with E-state index in [1.807, 2.05) is 18.2 Å². The highest BCUT2D eigenvalue weighted by atomic mass is 35.5. The van der Waals surface area contributed by atoms with Gasteiger partial charge in [-0.1, -0.05) is 17.7 Å². The zero-order valence-electron chi connectivity index (χ0n) is 7.18. The van der Waals surface area contributed by atoms with Gasteiger partial charge in [-0.3, -0.25) is 0 Å². The maximum Gasteiger partial charge on any atom is 0.0434 e. The molecule has 0 saturated heterocycles. The molecule has 0 radical (unpaired) electrons. The molecule has 0 unspecified atom stereocenters. The van der Waals surface area contributed by atoms with E-state index in [4.69, 9.17) is 16.7 Å². The zero-order chi connectivity index (χ0) is 8.97. The van der Waals surface area contributed by atoms with Gasteiger partial charge in [0.1, 0.15) is 0 Å². The van der Waals surface area contributed by atoms with Crippen LogP contribution >= 0.6 is 11.6 Å². The minimum atomic E-state index is 0.242. The lowest BCUT2D eigenvalue weighted by Crippen LogP contribution is -1.92. The molecule has 2 heteroatoms. The van der Waals surface area contributed by atoms with Gasteiger partial charge in [0.2, 0.25) is 0 Å². The van der Waals surface area contributed by atoms with Gasteiger partial charge in [-0.25, -0.2) is 0 Å². The molecule has 0 aromatic heterocycles. The predicted molar refractivity (Wildman–Crippen MR) is 51.6 cm³/mol. The third-order valence-electron chi connectivity index (χ3n) is 1.92. The van der Waals surface area contributed by atoms with Crippen LogP contribution in [0.25, 0.3) is 0 Å². The van der Waals surface area contributed by atoms with E-state index in [1.54, 1.807) is 0 Å². The first-order chi connectivity index (χ1) is 5.74. The molecule has 1 aromatic rings. The van der Waals surface area contributed by atoms with Crippen molar-refractivity contribution in [2.45, 2.75) is 19.8 Å². The van der Waals surface area contributed by atoms with E-state index < -0.39 is 0 Å². The summed E-state index contributed by atoms with van der Waals surface area (Å²) in [5.41, 5.74) is 2.48. The molecular formula is C10H13ClO. The van der Waals surface area contributed by atoms with Crippen LogP contribution in [0.1, 0.15) is 17.5 Å². The molecule has 0 aliphatic heterocycles. The van der Waals surface area contributed by atoms with Gasteiger partial charge < -0.3 is 5.11 Å². The average Bonchev–Trinajstić information content (AvgIpc) is 2.07. The first-order valence-corrected chi connectivity index (χ1v) is 4.47. The first kappa shape index (κ1) is 9.56. The molecule has 1 N–H and O–H groups in total. The van der Waals surface area contributed by atoms with Crippen LogP contribution in [0.3, 0.4) is 0 Å². The molecule has 12 heavy (non-hydrogen) atoms. The number of rotatable bonds is 3. The van der Waals surface area contributed by atoms with Crippen LogP contribution in [0.5, 0.6) is 0 Å². The standard InChI is InChI=1S/C10H13ClO/c1-8-4-5-10(11)7-9(8)3-2-6-12/h4-5,7,12H,2-3,6H2,1H3. The Labute approximate surface area is 78.0 Å². The second-order valence-electron chi connectivity index (χ2n) is 2.90. The van der Waals surface area contributed by atoms with Crippen LogP contribution < -0.4 is 0 Å².